The van der Waals surface area contributed by atoms with E-state index in [1.165, 1.54) is 0 Å². The molecule has 0 spiro atoms. The molecule has 5 nitrogen and oxygen atoms in total. The molecule has 0 saturated carbocycles. The zero-order valence-corrected chi connectivity index (χ0v) is 18.3. The molecule has 4 rings (SSSR count). The van der Waals surface area contributed by atoms with E-state index in [1.807, 2.05) is 73.3 Å². The number of hydrogen-bond donors (Lipinski definition) is 1. The summed E-state index contributed by atoms with van der Waals surface area (Å²) in [7, 11) is 1.63. The van der Waals surface area contributed by atoms with Crippen molar-refractivity contribution in [3.05, 3.63) is 71.3 Å². The molecule has 0 radical (unpaired) electrons. The summed E-state index contributed by atoms with van der Waals surface area (Å²) in [6.07, 6.45) is 1.59. The van der Waals surface area contributed by atoms with Gasteiger partial charge in [0.15, 0.2) is 0 Å². The number of benzene rings is 3. The lowest BCUT2D eigenvalue weighted by Crippen LogP contribution is -2.43. The van der Waals surface area contributed by atoms with E-state index in [4.69, 9.17) is 4.74 Å². The number of piperidine rings is 1. The summed E-state index contributed by atoms with van der Waals surface area (Å²) in [4.78, 5) is 28.2. The van der Waals surface area contributed by atoms with Gasteiger partial charge < -0.3 is 15.0 Å². The highest BCUT2D eigenvalue weighted by Crippen LogP contribution is 2.30. The minimum Gasteiger partial charge on any atom is -0.496 e. The van der Waals surface area contributed by atoms with Crippen LogP contribution in [0.5, 0.6) is 5.75 Å². The Hall–Kier alpha value is -3.34. The first-order chi connectivity index (χ1) is 15.0. The number of nitrogens with one attached hydrogen (secondary N) is 1. The van der Waals surface area contributed by atoms with E-state index in [9.17, 15) is 9.59 Å². The average molecular weight is 417 g/mol. The highest BCUT2D eigenvalue weighted by atomic mass is 16.5. The van der Waals surface area contributed by atoms with Crippen molar-refractivity contribution in [2.45, 2.75) is 26.7 Å². The lowest BCUT2D eigenvalue weighted by molar-refractivity contribution is -0.121. The van der Waals surface area contributed by atoms with Crippen LogP contribution in [0.25, 0.3) is 10.8 Å². The van der Waals surface area contributed by atoms with E-state index < -0.39 is 0 Å². The van der Waals surface area contributed by atoms with Crippen LogP contribution in [0.4, 0.5) is 5.69 Å². The van der Waals surface area contributed by atoms with Gasteiger partial charge in [-0.05, 0) is 61.4 Å². The minimum atomic E-state index is -0.220. The van der Waals surface area contributed by atoms with E-state index in [2.05, 4.69) is 5.32 Å². The van der Waals surface area contributed by atoms with E-state index in [-0.39, 0.29) is 17.7 Å². The number of rotatable bonds is 4. The van der Waals surface area contributed by atoms with Crippen LogP contribution >= 0.6 is 0 Å². The second-order valence-corrected chi connectivity index (χ2v) is 8.19. The molecule has 1 atom stereocenters. The summed E-state index contributed by atoms with van der Waals surface area (Å²) in [5.74, 6) is 0.465. The largest absolute Gasteiger partial charge is 0.496 e. The van der Waals surface area contributed by atoms with Crippen LogP contribution in [0.15, 0.2) is 54.6 Å². The van der Waals surface area contributed by atoms with Gasteiger partial charge >= 0.3 is 0 Å². The molecule has 1 heterocycles. The summed E-state index contributed by atoms with van der Waals surface area (Å²) >= 11 is 0. The number of aryl methyl sites for hydroxylation is 1. The second kappa shape index (κ2) is 8.80. The smallest absolute Gasteiger partial charge is 0.254 e. The van der Waals surface area contributed by atoms with E-state index in [0.29, 0.717) is 18.7 Å². The molecule has 3 aromatic carbocycles. The van der Waals surface area contributed by atoms with Crippen LogP contribution < -0.4 is 10.1 Å². The normalized spacial score (nSPS) is 16.2. The lowest BCUT2D eigenvalue weighted by atomic mass is 9.95. The van der Waals surface area contributed by atoms with E-state index in [1.54, 1.807) is 7.11 Å². The molecule has 1 unspecified atom stereocenters. The number of amides is 2. The van der Waals surface area contributed by atoms with Crippen LogP contribution in [-0.2, 0) is 4.79 Å². The van der Waals surface area contributed by atoms with Gasteiger partial charge in [-0.1, -0.05) is 36.4 Å². The first kappa shape index (κ1) is 20.9. The first-order valence-electron chi connectivity index (χ1n) is 10.7. The third kappa shape index (κ3) is 4.13. The van der Waals surface area contributed by atoms with Gasteiger partial charge in [0.1, 0.15) is 5.75 Å². The fourth-order valence-corrected chi connectivity index (χ4v) is 4.30. The quantitative estimate of drug-likeness (QED) is 0.654. The Bertz CT molecular complexity index is 1140. The zero-order chi connectivity index (χ0) is 22.0. The maximum atomic E-state index is 13.4. The highest BCUT2D eigenvalue weighted by Gasteiger charge is 2.30. The number of hydrogen-bond acceptors (Lipinski definition) is 3. The zero-order valence-electron chi connectivity index (χ0n) is 18.3. The first-order valence-corrected chi connectivity index (χ1v) is 10.7. The van der Waals surface area contributed by atoms with E-state index in [0.717, 1.165) is 46.2 Å². The molecule has 0 aliphatic carbocycles. The number of ether oxygens (including phenoxy) is 1. The Labute approximate surface area is 183 Å². The molecule has 1 fully saturated rings. The Morgan fingerprint density at radius 3 is 2.55 bits per heavy atom. The number of carbonyl (C=O) groups is 2. The molecular formula is C26H28N2O3. The Morgan fingerprint density at radius 1 is 1.00 bits per heavy atom. The molecular weight excluding hydrogens is 388 g/mol. The Morgan fingerprint density at radius 2 is 1.77 bits per heavy atom. The molecule has 2 amide bonds. The number of methoxy groups -OCH3 is 1. The number of nitrogens with zero attached hydrogens (tertiary/aromatic N) is 1. The van der Waals surface area contributed by atoms with Gasteiger partial charge in [-0.25, -0.2) is 0 Å². The van der Waals surface area contributed by atoms with Crippen LogP contribution in [0, 0.1) is 19.8 Å². The maximum absolute atomic E-state index is 13.4. The van der Waals surface area contributed by atoms with Crippen LogP contribution in [-0.4, -0.2) is 36.9 Å². The van der Waals surface area contributed by atoms with Gasteiger partial charge in [-0.3, -0.25) is 9.59 Å². The Balaban J connectivity index is 1.54. The molecule has 3 aromatic rings. The van der Waals surface area contributed by atoms with Gasteiger partial charge in [0.05, 0.1) is 13.0 Å². The fraction of sp³-hybridized carbons (Fsp3) is 0.308. The standard InChI is InChI=1S/C26H28N2O3/c1-17-8-6-12-23(18(17)2)27-25(29)19-9-7-15-28(16-19)26(30)22-13-14-24(31-3)21-11-5-4-10-20(21)22/h4-6,8,10-14,19H,7,9,15-16H2,1-3H3,(H,27,29). The molecule has 1 aliphatic rings. The van der Waals surface area contributed by atoms with Crippen molar-refractivity contribution in [3.8, 4) is 5.75 Å². The average Bonchev–Trinajstić information content (AvgIpc) is 2.81. The molecule has 1 saturated heterocycles. The van der Waals surface area contributed by atoms with Gasteiger partial charge in [0.25, 0.3) is 5.91 Å². The van der Waals surface area contributed by atoms with Gasteiger partial charge in [0, 0.05) is 29.7 Å². The predicted octanol–water partition coefficient (Wildman–Crippen LogP) is 4.96. The SMILES string of the molecule is COc1ccc(C(=O)N2CCCC(C(=O)Nc3cccc(C)c3C)C2)c2ccccc12. The monoisotopic (exact) mass is 416 g/mol. The van der Waals surface area contributed by atoms with Crippen molar-refractivity contribution in [1.29, 1.82) is 0 Å². The van der Waals surface area contributed by atoms with Crippen molar-refractivity contribution in [3.63, 3.8) is 0 Å². The van der Waals surface area contributed by atoms with Crippen molar-refractivity contribution < 1.29 is 14.3 Å². The minimum absolute atomic E-state index is 0.0224. The predicted molar refractivity (Wildman–Crippen MR) is 124 cm³/mol. The maximum Gasteiger partial charge on any atom is 0.254 e. The van der Waals surface area contributed by atoms with Gasteiger partial charge in [-0.15, -0.1) is 0 Å². The summed E-state index contributed by atoms with van der Waals surface area (Å²) in [5, 5.41) is 4.85. The van der Waals surface area contributed by atoms with Gasteiger partial charge in [0.2, 0.25) is 5.91 Å². The van der Waals surface area contributed by atoms with Crippen LogP contribution in [0.3, 0.4) is 0 Å². The third-order valence-corrected chi connectivity index (χ3v) is 6.28. The number of likely N-dealkylation sites (tertiary alicyclic amines) is 1. The van der Waals surface area contributed by atoms with Crippen LogP contribution in [0.2, 0.25) is 0 Å². The number of carbonyl (C=O) groups excluding carboxylic acids is 2. The fourth-order valence-electron chi connectivity index (χ4n) is 4.30. The lowest BCUT2D eigenvalue weighted by Gasteiger charge is -2.32. The summed E-state index contributed by atoms with van der Waals surface area (Å²) in [6, 6.07) is 17.3. The molecule has 1 N–H and O–H groups in total. The number of fused-ring (bicyclic) bond motifs is 1. The summed E-state index contributed by atoms with van der Waals surface area (Å²) in [6.45, 7) is 5.13. The molecule has 0 aromatic heterocycles. The molecule has 160 valence electrons. The van der Waals surface area contributed by atoms with Crippen molar-refractivity contribution in [2.24, 2.45) is 5.92 Å². The van der Waals surface area contributed by atoms with E-state index >= 15 is 0 Å². The summed E-state index contributed by atoms with van der Waals surface area (Å²) in [5.41, 5.74) is 3.70. The third-order valence-electron chi connectivity index (χ3n) is 6.28. The summed E-state index contributed by atoms with van der Waals surface area (Å²) < 4.78 is 5.45. The van der Waals surface area contributed by atoms with Crippen LogP contribution in [0.1, 0.15) is 34.3 Å². The van der Waals surface area contributed by atoms with Crippen molar-refractivity contribution in [2.75, 3.05) is 25.5 Å². The molecule has 31 heavy (non-hydrogen) atoms. The number of anilines is 1. The molecule has 5 heteroatoms. The second-order valence-electron chi connectivity index (χ2n) is 8.19. The molecule has 1 aliphatic heterocycles. The topological polar surface area (TPSA) is 58.6 Å². The Kier molecular flexibility index (Phi) is 5.94. The van der Waals surface area contributed by atoms with Crippen molar-refractivity contribution >= 4 is 28.3 Å². The van der Waals surface area contributed by atoms with Gasteiger partial charge in [-0.2, -0.15) is 0 Å². The highest BCUT2D eigenvalue weighted by molar-refractivity contribution is 6.08. The van der Waals surface area contributed by atoms with Crippen molar-refractivity contribution in [1.82, 2.24) is 4.90 Å². The molecule has 0 bridgehead atoms.